The van der Waals surface area contributed by atoms with Gasteiger partial charge in [0, 0.05) is 0 Å². The first-order chi connectivity index (χ1) is 2.81. The molecule has 0 fully saturated rings. The van der Waals surface area contributed by atoms with Gasteiger partial charge >= 0.3 is 45.5 Å². The first-order valence-electron chi connectivity index (χ1n) is 1.71. The van der Waals surface area contributed by atoms with E-state index in [0.29, 0.717) is 5.13 Å². The van der Waals surface area contributed by atoms with Gasteiger partial charge in [-0.3, -0.25) is 0 Å². The quantitative estimate of drug-likeness (QED) is 0.513. The summed E-state index contributed by atoms with van der Waals surface area (Å²) in [5.74, 6) is 0. The maximum atomic E-state index is 8.40. The Hall–Kier alpha value is 0.504. The van der Waals surface area contributed by atoms with Gasteiger partial charge in [-0.1, -0.05) is 0 Å². The van der Waals surface area contributed by atoms with Crippen molar-refractivity contribution in [2.24, 2.45) is 0 Å². The van der Waals surface area contributed by atoms with E-state index in [4.69, 9.17) is 10.2 Å². The van der Waals surface area contributed by atoms with E-state index >= 15 is 0 Å². The fourth-order valence-electron chi connectivity index (χ4n) is 0.0577. The molecule has 0 saturated heterocycles. The molecular formula is C3H7O2V. The number of hydrogen-bond acceptors (Lipinski definition) is 2. The average Bonchev–Trinajstić information content (AvgIpc) is 1.65. The van der Waals surface area contributed by atoms with Crippen molar-refractivity contribution < 1.29 is 27.6 Å². The van der Waals surface area contributed by atoms with E-state index in [0.717, 1.165) is 0 Å². The van der Waals surface area contributed by atoms with Gasteiger partial charge in [0.2, 0.25) is 0 Å². The third-order valence-corrected chi connectivity index (χ3v) is 1.08. The van der Waals surface area contributed by atoms with Crippen LogP contribution in [0.5, 0.6) is 0 Å². The van der Waals surface area contributed by atoms with E-state index in [1.807, 2.05) is 0 Å². The first kappa shape index (κ1) is 6.50. The molecule has 6 heavy (non-hydrogen) atoms. The van der Waals surface area contributed by atoms with Crippen LogP contribution in [0.1, 0.15) is 0 Å². The predicted molar refractivity (Wildman–Crippen MR) is 17.9 cm³/mol. The SMILES string of the molecule is OCC(O)[CH2][V]. The standard InChI is InChI=1S/C3H7O2.V/c1-3(5)2-4;/h3-5H,1-2H2;. The molecular weight excluding hydrogens is 119 g/mol. The second-order valence-electron chi connectivity index (χ2n) is 1.02. The second kappa shape index (κ2) is 3.69. The van der Waals surface area contributed by atoms with E-state index < -0.39 is 6.10 Å². The van der Waals surface area contributed by atoms with Crippen LogP contribution in [-0.4, -0.2) is 22.9 Å². The van der Waals surface area contributed by atoms with E-state index in [1.165, 1.54) is 0 Å². The maximum absolute atomic E-state index is 8.40. The van der Waals surface area contributed by atoms with E-state index in [-0.39, 0.29) is 6.61 Å². The van der Waals surface area contributed by atoms with Gasteiger partial charge in [-0.25, -0.2) is 0 Å². The molecule has 0 aliphatic rings. The summed E-state index contributed by atoms with van der Waals surface area (Å²) in [7, 11) is 0. The van der Waals surface area contributed by atoms with Crippen LogP contribution in [0.15, 0.2) is 0 Å². The van der Waals surface area contributed by atoms with Gasteiger partial charge in [-0.05, 0) is 0 Å². The van der Waals surface area contributed by atoms with Crippen molar-refractivity contribution in [3.63, 3.8) is 0 Å². The molecule has 0 spiro atoms. The van der Waals surface area contributed by atoms with Crippen LogP contribution in [0.25, 0.3) is 0 Å². The van der Waals surface area contributed by atoms with Crippen molar-refractivity contribution in [3.8, 4) is 0 Å². The molecule has 0 aliphatic heterocycles. The van der Waals surface area contributed by atoms with Crippen LogP contribution in [-0.2, 0) is 17.4 Å². The summed E-state index contributed by atoms with van der Waals surface area (Å²) >= 11 is 2.20. The monoisotopic (exact) mass is 126 g/mol. The number of aliphatic hydroxyl groups is 2. The van der Waals surface area contributed by atoms with Gasteiger partial charge in [0.05, 0.1) is 0 Å². The molecule has 1 atom stereocenters. The third kappa shape index (κ3) is 2.73. The van der Waals surface area contributed by atoms with E-state index in [2.05, 4.69) is 17.4 Å². The fraction of sp³-hybridized carbons (Fsp3) is 1.00. The van der Waals surface area contributed by atoms with Crippen molar-refractivity contribution in [2.75, 3.05) is 6.61 Å². The Bertz CT molecular complexity index is 28.0. The Morgan fingerprint density at radius 2 is 2.17 bits per heavy atom. The topological polar surface area (TPSA) is 40.5 Å². The molecule has 1 unspecified atom stereocenters. The van der Waals surface area contributed by atoms with Gasteiger partial charge in [0.25, 0.3) is 0 Å². The third-order valence-electron chi connectivity index (χ3n) is 0.421. The molecule has 0 bridgehead atoms. The summed E-state index contributed by atoms with van der Waals surface area (Å²) in [6, 6.07) is 0. The van der Waals surface area contributed by atoms with Crippen LogP contribution >= 0.6 is 0 Å². The summed E-state index contributed by atoms with van der Waals surface area (Å²) < 4.78 is 0. The Balaban J connectivity index is 2.75. The van der Waals surface area contributed by atoms with Crippen molar-refractivity contribution in [1.82, 2.24) is 0 Å². The molecule has 0 aromatic heterocycles. The molecule has 2 N–H and O–H groups in total. The van der Waals surface area contributed by atoms with Crippen LogP contribution < -0.4 is 0 Å². The zero-order chi connectivity index (χ0) is 4.99. The first-order valence-corrected chi connectivity index (χ1v) is 2.69. The van der Waals surface area contributed by atoms with Crippen molar-refractivity contribution in [2.45, 2.75) is 11.2 Å². The molecule has 0 saturated carbocycles. The minimum atomic E-state index is -0.537. The van der Waals surface area contributed by atoms with Crippen LogP contribution in [0.2, 0.25) is 5.13 Å². The molecule has 0 aromatic carbocycles. The molecule has 0 heterocycles. The number of rotatable bonds is 2. The summed E-state index contributed by atoms with van der Waals surface area (Å²) in [4.78, 5) is 0. The van der Waals surface area contributed by atoms with Gasteiger partial charge in [-0.15, -0.1) is 0 Å². The Morgan fingerprint density at radius 1 is 1.67 bits per heavy atom. The summed E-state index contributed by atoms with van der Waals surface area (Å²) in [6.07, 6.45) is -0.537. The van der Waals surface area contributed by atoms with E-state index in [9.17, 15) is 0 Å². The van der Waals surface area contributed by atoms with Crippen LogP contribution in [0.4, 0.5) is 0 Å². The minimum absolute atomic E-state index is 0.130. The number of aliphatic hydroxyl groups excluding tert-OH is 2. The molecule has 2 nitrogen and oxygen atoms in total. The van der Waals surface area contributed by atoms with Gasteiger partial charge in [0.1, 0.15) is 0 Å². The average molecular weight is 126 g/mol. The Labute approximate surface area is 46.1 Å². The Morgan fingerprint density at radius 3 is 2.17 bits per heavy atom. The number of hydrogen-bond donors (Lipinski definition) is 2. The van der Waals surface area contributed by atoms with E-state index in [1.54, 1.807) is 0 Å². The molecule has 0 rings (SSSR count). The second-order valence-corrected chi connectivity index (χ2v) is 1.59. The van der Waals surface area contributed by atoms with Gasteiger partial charge < -0.3 is 0 Å². The zero-order valence-corrected chi connectivity index (χ0v) is 4.73. The summed E-state index contributed by atoms with van der Waals surface area (Å²) in [5.41, 5.74) is 0. The van der Waals surface area contributed by atoms with Crippen LogP contribution in [0, 0.1) is 0 Å². The predicted octanol–water partition coefficient (Wildman–Crippen LogP) is -0.695. The summed E-state index contributed by atoms with van der Waals surface area (Å²) in [6.45, 7) is -0.130. The molecule has 0 radical (unpaired) electrons. The van der Waals surface area contributed by atoms with Crippen LogP contribution in [0.3, 0.4) is 0 Å². The van der Waals surface area contributed by atoms with Gasteiger partial charge in [0.15, 0.2) is 0 Å². The molecule has 36 valence electrons. The zero-order valence-electron chi connectivity index (χ0n) is 3.33. The summed E-state index contributed by atoms with van der Waals surface area (Å²) in [5, 5.41) is 17.0. The molecule has 0 aromatic rings. The molecule has 0 aliphatic carbocycles. The van der Waals surface area contributed by atoms with Gasteiger partial charge in [-0.2, -0.15) is 0 Å². The van der Waals surface area contributed by atoms with Crippen molar-refractivity contribution in [1.29, 1.82) is 0 Å². The molecule has 3 heteroatoms. The fourth-order valence-corrected chi connectivity index (χ4v) is 0.238. The normalized spacial score (nSPS) is 14.3. The Kier molecular flexibility index (Phi) is 4.00. The van der Waals surface area contributed by atoms with Crippen molar-refractivity contribution in [3.05, 3.63) is 0 Å². The molecule has 0 amide bonds. The van der Waals surface area contributed by atoms with Crippen molar-refractivity contribution >= 4 is 0 Å².